The summed E-state index contributed by atoms with van der Waals surface area (Å²) in [6.07, 6.45) is -1.08. The minimum atomic E-state index is -1.08. The Bertz CT molecular complexity index is 595. The number of fused-ring (bicyclic) bond motifs is 1. The maximum Gasteiger partial charge on any atom is 0.231 e. The molecule has 18 heavy (non-hydrogen) atoms. The molecule has 0 radical (unpaired) electrons. The average molecular weight is 249 g/mol. The van der Waals surface area contributed by atoms with Gasteiger partial charge in [0.25, 0.3) is 0 Å². The third-order valence-corrected chi connectivity index (χ3v) is 2.84. The minimum Gasteiger partial charge on any atom is -0.454 e. The number of aromatic amines is 1. The van der Waals surface area contributed by atoms with Crippen LogP contribution < -0.4 is 15.2 Å². The SMILES string of the molecule is CC(F)c1cc2c(c(-c3cc(N)n[nH]3)c1)OCO2. The summed E-state index contributed by atoms with van der Waals surface area (Å²) in [4.78, 5) is 0. The maximum atomic E-state index is 13.5. The highest BCUT2D eigenvalue weighted by atomic mass is 19.1. The molecule has 0 bridgehead atoms. The van der Waals surface area contributed by atoms with Gasteiger partial charge >= 0.3 is 0 Å². The predicted octanol–water partition coefficient (Wildman–Crippen LogP) is 2.42. The zero-order valence-electron chi connectivity index (χ0n) is 9.74. The number of rotatable bonds is 2. The molecule has 1 aliphatic rings. The number of benzene rings is 1. The first-order valence-electron chi connectivity index (χ1n) is 5.54. The Balaban J connectivity index is 2.18. The fourth-order valence-corrected chi connectivity index (χ4v) is 1.94. The number of nitrogens with zero attached hydrogens (tertiary/aromatic N) is 1. The van der Waals surface area contributed by atoms with Gasteiger partial charge in [0, 0.05) is 11.6 Å². The van der Waals surface area contributed by atoms with Gasteiger partial charge < -0.3 is 15.2 Å². The first-order chi connectivity index (χ1) is 8.65. The molecule has 0 saturated heterocycles. The molecule has 3 rings (SSSR count). The lowest BCUT2D eigenvalue weighted by molar-refractivity contribution is 0.174. The van der Waals surface area contributed by atoms with Gasteiger partial charge in [0.05, 0.1) is 5.69 Å². The zero-order valence-corrected chi connectivity index (χ0v) is 9.74. The van der Waals surface area contributed by atoms with Gasteiger partial charge in [0.2, 0.25) is 6.79 Å². The van der Waals surface area contributed by atoms with Crippen molar-refractivity contribution in [2.75, 3.05) is 12.5 Å². The van der Waals surface area contributed by atoms with E-state index in [1.54, 1.807) is 18.2 Å². The van der Waals surface area contributed by atoms with Gasteiger partial charge in [-0.25, -0.2) is 4.39 Å². The van der Waals surface area contributed by atoms with Crippen LogP contribution in [-0.2, 0) is 0 Å². The molecule has 3 N–H and O–H groups in total. The van der Waals surface area contributed by atoms with Crippen molar-refractivity contribution in [2.45, 2.75) is 13.1 Å². The van der Waals surface area contributed by atoms with Crippen molar-refractivity contribution in [2.24, 2.45) is 0 Å². The molecule has 2 aromatic rings. The van der Waals surface area contributed by atoms with E-state index in [1.165, 1.54) is 6.92 Å². The number of hydrogen-bond donors (Lipinski definition) is 2. The van der Waals surface area contributed by atoms with Crippen molar-refractivity contribution < 1.29 is 13.9 Å². The number of alkyl halides is 1. The lowest BCUT2D eigenvalue weighted by atomic mass is 10.0. The largest absolute Gasteiger partial charge is 0.454 e. The number of H-pyrrole nitrogens is 1. The van der Waals surface area contributed by atoms with Gasteiger partial charge in [0.15, 0.2) is 11.5 Å². The summed E-state index contributed by atoms with van der Waals surface area (Å²) in [6, 6.07) is 5.03. The van der Waals surface area contributed by atoms with Crippen molar-refractivity contribution in [3.8, 4) is 22.8 Å². The number of aromatic nitrogens is 2. The Morgan fingerprint density at radius 2 is 2.22 bits per heavy atom. The monoisotopic (exact) mass is 249 g/mol. The van der Waals surface area contributed by atoms with Gasteiger partial charge in [-0.15, -0.1) is 0 Å². The third kappa shape index (κ3) is 1.66. The smallest absolute Gasteiger partial charge is 0.231 e. The molecule has 1 aromatic heterocycles. The normalized spacial score (nSPS) is 14.8. The molecule has 1 unspecified atom stereocenters. The summed E-state index contributed by atoms with van der Waals surface area (Å²) < 4.78 is 24.2. The Hall–Kier alpha value is -2.24. The van der Waals surface area contributed by atoms with Crippen molar-refractivity contribution in [1.29, 1.82) is 0 Å². The van der Waals surface area contributed by atoms with Crippen LogP contribution in [0.2, 0.25) is 0 Å². The summed E-state index contributed by atoms with van der Waals surface area (Å²) in [7, 11) is 0. The molecule has 0 saturated carbocycles. The average Bonchev–Trinajstić information content (AvgIpc) is 2.95. The predicted molar refractivity (Wildman–Crippen MR) is 64.1 cm³/mol. The van der Waals surface area contributed by atoms with Crippen LogP contribution in [0.15, 0.2) is 18.2 Å². The first kappa shape index (κ1) is 10.9. The van der Waals surface area contributed by atoms with E-state index in [-0.39, 0.29) is 6.79 Å². The number of nitrogen functional groups attached to an aromatic ring is 1. The fraction of sp³-hybridized carbons (Fsp3) is 0.250. The number of anilines is 1. The maximum absolute atomic E-state index is 13.5. The summed E-state index contributed by atoms with van der Waals surface area (Å²) in [5.41, 5.74) is 7.48. The summed E-state index contributed by atoms with van der Waals surface area (Å²) in [5, 5.41) is 6.64. The molecule has 1 aliphatic heterocycles. The molecule has 1 atom stereocenters. The molecule has 1 aromatic carbocycles. The van der Waals surface area contributed by atoms with E-state index in [9.17, 15) is 4.39 Å². The van der Waals surface area contributed by atoms with E-state index in [1.807, 2.05) is 0 Å². The van der Waals surface area contributed by atoms with E-state index in [2.05, 4.69) is 10.2 Å². The second-order valence-corrected chi connectivity index (χ2v) is 4.12. The lowest BCUT2D eigenvalue weighted by Gasteiger charge is -2.08. The van der Waals surface area contributed by atoms with Crippen LogP contribution in [0.25, 0.3) is 11.3 Å². The summed E-state index contributed by atoms with van der Waals surface area (Å²) in [6.45, 7) is 1.61. The van der Waals surface area contributed by atoms with Gasteiger partial charge in [0.1, 0.15) is 12.0 Å². The number of hydrogen-bond acceptors (Lipinski definition) is 4. The highest BCUT2D eigenvalue weighted by molar-refractivity contribution is 5.74. The highest BCUT2D eigenvalue weighted by Crippen LogP contribution is 2.43. The molecule has 0 spiro atoms. The summed E-state index contributed by atoms with van der Waals surface area (Å²) in [5.74, 6) is 1.50. The number of ether oxygens (including phenoxy) is 2. The van der Waals surface area contributed by atoms with E-state index < -0.39 is 6.17 Å². The second kappa shape index (κ2) is 3.90. The Labute approximate surface area is 103 Å². The second-order valence-electron chi connectivity index (χ2n) is 4.12. The van der Waals surface area contributed by atoms with E-state index in [0.29, 0.717) is 34.1 Å². The Morgan fingerprint density at radius 3 is 2.89 bits per heavy atom. The van der Waals surface area contributed by atoms with E-state index in [4.69, 9.17) is 15.2 Å². The first-order valence-corrected chi connectivity index (χ1v) is 5.54. The third-order valence-electron chi connectivity index (χ3n) is 2.84. The minimum absolute atomic E-state index is 0.135. The zero-order chi connectivity index (χ0) is 12.7. The van der Waals surface area contributed by atoms with E-state index in [0.717, 1.165) is 0 Å². The molecule has 0 fully saturated rings. The van der Waals surface area contributed by atoms with Crippen LogP contribution in [0.3, 0.4) is 0 Å². The standard InChI is InChI=1S/C12H12FN3O2/c1-6(13)7-2-8(9-4-11(14)16-15-9)12-10(3-7)17-5-18-12/h2-4,6H,5H2,1H3,(H3,14,15,16). The van der Waals surface area contributed by atoms with Crippen molar-refractivity contribution >= 4 is 5.82 Å². The van der Waals surface area contributed by atoms with Crippen molar-refractivity contribution in [1.82, 2.24) is 10.2 Å². The molecule has 2 heterocycles. The van der Waals surface area contributed by atoms with Crippen molar-refractivity contribution in [3.05, 3.63) is 23.8 Å². The molecule has 0 amide bonds. The van der Waals surface area contributed by atoms with Crippen LogP contribution in [0.4, 0.5) is 10.2 Å². The van der Waals surface area contributed by atoms with Gasteiger partial charge in [-0.05, 0) is 24.6 Å². The molecule has 5 nitrogen and oxygen atoms in total. The molecule has 94 valence electrons. The van der Waals surface area contributed by atoms with Crippen LogP contribution in [0.1, 0.15) is 18.7 Å². The van der Waals surface area contributed by atoms with Gasteiger partial charge in [-0.2, -0.15) is 5.10 Å². The lowest BCUT2D eigenvalue weighted by Crippen LogP contribution is -1.93. The van der Waals surface area contributed by atoms with Gasteiger partial charge in [-0.3, -0.25) is 5.10 Å². The van der Waals surface area contributed by atoms with E-state index >= 15 is 0 Å². The highest BCUT2D eigenvalue weighted by Gasteiger charge is 2.22. The van der Waals surface area contributed by atoms with Crippen LogP contribution in [0, 0.1) is 0 Å². The van der Waals surface area contributed by atoms with Crippen LogP contribution in [-0.4, -0.2) is 17.0 Å². The molecule has 6 heteroatoms. The molecular formula is C12H12FN3O2. The quantitative estimate of drug-likeness (QED) is 0.857. The topological polar surface area (TPSA) is 73.2 Å². The van der Waals surface area contributed by atoms with Crippen LogP contribution >= 0.6 is 0 Å². The number of halogens is 1. The number of nitrogens with two attached hydrogens (primary N) is 1. The fourth-order valence-electron chi connectivity index (χ4n) is 1.94. The Morgan fingerprint density at radius 1 is 1.39 bits per heavy atom. The molecule has 0 aliphatic carbocycles. The summed E-state index contributed by atoms with van der Waals surface area (Å²) >= 11 is 0. The molecular weight excluding hydrogens is 237 g/mol. The number of nitrogens with one attached hydrogen (secondary N) is 1. The van der Waals surface area contributed by atoms with Crippen LogP contribution in [0.5, 0.6) is 11.5 Å². The van der Waals surface area contributed by atoms with Crippen molar-refractivity contribution in [3.63, 3.8) is 0 Å². The van der Waals surface area contributed by atoms with Gasteiger partial charge in [-0.1, -0.05) is 0 Å². The Kier molecular flexibility index (Phi) is 2.36.